The number of carbonyl (C=O) groups excluding carboxylic acids is 1. The monoisotopic (exact) mass is 362 g/mol. The molecule has 1 aromatic heterocycles. The molecule has 0 saturated heterocycles. The molecule has 2 rings (SSSR count). The van der Waals surface area contributed by atoms with Gasteiger partial charge in [-0.25, -0.2) is 4.39 Å². The summed E-state index contributed by atoms with van der Waals surface area (Å²) < 4.78 is 14.4. The number of rotatable bonds is 5. The van der Waals surface area contributed by atoms with Crippen molar-refractivity contribution in [2.24, 2.45) is 5.73 Å². The maximum absolute atomic E-state index is 14.0. The van der Waals surface area contributed by atoms with Crippen molar-refractivity contribution in [3.05, 3.63) is 58.1 Å². The maximum atomic E-state index is 14.0. The van der Waals surface area contributed by atoms with Gasteiger partial charge in [-0.05, 0) is 40.2 Å². The fourth-order valence-corrected chi connectivity index (χ4v) is 2.31. The predicted molar refractivity (Wildman–Crippen MR) is 83.4 cm³/mol. The Kier molecular flexibility index (Phi) is 5.07. The number of hydrogen-bond donors (Lipinski definition) is 2. The molecule has 7 heteroatoms. The number of nitrogens with zero attached hydrogens (tertiary/aromatic N) is 2. The molecule has 0 saturated carbocycles. The number of benzene rings is 1. The smallest absolute Gasteiger partial charge is 0.240 e. The molecule has 22 heavy (non-hydrogen) atoms. The van der Waals surface area contributed by atoms with Crippen molar-refractivity contribution in [3.63, 3.8) is 0 Å². The lowest BCUT2D eigenvalue weighted by Gasteiger charge is -2.17. The van der Waals surface area contributed by atoms with Gasteiger partial charge >= 0.3 is 0 Å². The van der Waals surface area contributed by atoms with E-state index in [-0.39, 0.29) is 17.7 Å². The van der Waals surface area contributed by atoms with E-state index in [1.807, 2.05) is 6.07 Å². The van der Waals surface area contributed by atoms with Gasteiger partial charge in [0.2, 0.25) is 5.91 Å². The van der Waals surface area contributed by atoms with E-state index in [9.17, 15) is 9.18 Å². The molecular formula is C15H12BrFN4O. The van der Waals surface area contributed by atoms with Crippen LogP contribution in [0.2, 0.25) is 0 Å². The van der Waals surface area contributed by atoms with Gasteiger partial charge in [-0.3, -0.25) is 9.78 Å². The van der Waals surface area contributed by atoms with E-state index in [1.165, 1.54) is 6.07 Å². The Morgan fingerprint density at radius 3 is 2.86 bits per heavy atom. The van der Waals surface area contributed by atoms with E-state index in [2.05, 4.69) is 26.2 Å². The molecule has 112 valence electrons. The summed E-state index contributed by atoms with van der Waals surface area (Å²) in [5.74, 6) is -1.25. The second-order valence-corrected chi connectivity index (χ2v) is 5.40. The van der Waals surface area contributed by atoms with Gasteiger partial charge in [0.1, 0.15) is 17.9 Å². The molecule has 1 aromatic carbocycles. The third kappa shape index (κ3) is 3.80. The zero-order valence-electron chi connectivity index (χ0n) is 11.4. The molecular weight excluding hydrogens is 351 g/mol. The molecule has 0 aliphatic carbocycles. The highest BCUT2D eigenvalue weighted by atomic mass is 79.9. The Hall–Kier alpha value is -2.46. The van der Waals surface area contributed by atoms with Crippen LogP contribution in [0.4, 0.5) is 10.1 Å². The van der Waals surface area contributed by atoms with Crippen LogP contribution in [0.5, 0.6) is 0 Å². The van der Waals surface area contributed by atoms with E-state index in [0.717, 1.165) is 6.07 Å². The molecule has 1 amide bonds. The van der Waals surface area contributed by atoms with Crippen molar-refractivity contribution in [2.75, 3.05) is 5.32 Å². The van der Waals surface area contributed by atoms with Crippen LogP contribution < -0.4 is 11.1 Å². The number of nitrogens with one attached hydrogen (secondary N) is 1. The first-order valence-corrected chi connectivity index (χ1v) is 7.15. The van der Waals surface area contributed by atoms with Crippen LogP contribution in [0, 0.1) is 17.1 Å². The second kappa shape index (κ2) is 7.00. The van der Waals surface area contributed by atoms with E-state index in [0.29, 0.717) is 10.2 Å². The van der Waals surface area contributed by atoms with Crippen LogP contribution in [0.1, 0.15) is 11.3 Å². The van der Waals surface area contributed by atoms with E-state index in [4.69, 9.17) is 11.0 Å². The lowest BCUT2D eigenvalue weighted by Crippen LogP contribution is -2.37. The third-order valence-electron chi connectivity index (χ3n) is 2.99. The number of hydrogen-bond acceptors (Lipinski definition) is 4. The molecule has 1 unspecified atom stereocenters. The van der Waals surface area contributed by atoms with Crippen molar-refractivity contribution in [2.45, 2.75) is 12.5 Å². The minimum absolute atomic E-state index is 0.0885. The van der Waals surface area contributed by atoms with Gasteiger partial charge in [0.25, 0.3) is 0 Å². The summed E-state index contributed by atoms with van der Waals surface area (Å²) in [5, 5.41) is 11.6. The Bertz CT molecular complexity index is 730. The van der Waals surface area contributed by atoms with Crippen LogP contribution in [0.15, 0.2) is 41.0 Å². The van der Waals surface area contributed by atoms with Gasteiger partial charge in [0.15, 0.2) is 0 Å². The Morgan fingerprint density at radius 1 is 1.50 bits per heavy atom. The number of amides is 1. The molecule has 5 nitrogen and oxygen atoms in total. The Balaban J connectivity index is 2.24. The van der Waals surface area contributed by atoms with E-state index in [1.54, 1.807) is 24.4 Å². The molecule has 0 bridgehead atoms. The fourth-order valence-electron chi connectivity index (χ4n) is 1.88. The Labute approximate surface area is 135 Å². The average Bonchev–Trinajstić information content (AvgIpc) is 2.50. The maximum Gasteiger partial charge on any atom is 0.240 e. The summed E-state index contributed by atoms with van der Waals surface area (Å²) >= 11 is 3.18. The molecule has 1 heterocycles. The molecule has 0 aliphatic rings. The molecule has 0 radical (unpaired) electrons. The summed E-state index contributed by atoms with van der Waals surface area (Å²) in [6, 6.07) is 8.84. The third-order valence-corrected chi connectivity index (χ3v) is 3.65. The molecule has 0 spiro atoms. The average molecular weight is 363 g/mol. The van der Waals surface area contributed by atoms with Gasteiger partial charge in [-0.1, -0.05) is 6.07 Å². The van der Waals surface area contributed by atoms with Gasteiger partial charge in [-0.15, -0.1) is 0 Å². The van der Waals surface area contributed by atoms with Crippen LogP contribution in [0.3, 0.4) is 0 Å². The largest absolute Gasteiger partial charge is 0.371 e. The number of aromatic nitrogens is 1. The number of anilines is 1. The van der Waals surface area contributed by atoms with Crippen molar-refractivity contribution in [3.8, 4) is 6.07 Å². The van der Waals surface area contributed by atoms with Crippen LogP contribution >= 0.6 is 15.9 Å². The first-order chi connectivity index (χ1) is 10.5. The summed E-state index contributed by atoms with van der Waals surface area (Å²) in [5.41, 5.74) is 6.28. The van der Waals surface area contributed by atoms with Crippen molar-refractivity contribution >= 4 is 27.5 Å². The van der Waals surface area contributed by atoms with Gasteiger partial charge < -0.3 is 11.1 Å². The predicted octanol–water partition coefficient (Wildman–Crippen LogP) is 2.36. The highest BCUT2D eigenvalue weighted by Gasteiger charge is 2.19. The van der Waals surface area contributed by atoms with Gasteiger partial charge in [-0.2, -0.15) is 5.26 Å². The number of pyridine rings is 1. The minimum Gasteiger partial charge on any atom is -0.371 e. The highest BCUT2D eigenvalue weighted by Crippen LogP contribution is 2.25. The number of carbonyl (C=O) groups is 1. The zero-order valence-corrected chi connectivity index (χ0v) is 13.0. The topological polar surface area (TPSA) is 91.8 Å². The van der Waals surface area contributed by atoms with E-state index < -0.39 is 17.8 Å². The van der Waals surface area contributed by atoms with Gasteiger partial charge in [0, 0.05) is 22.8 Å². The summed E-state index contributed by atoms with van der Waals surface area (Å²) in [7, 11) is 0. The normalized spacial score (nSPS) is 11.5. The lowest BCUT2D eigenvalue weighted by molar-refractivity contribution is -0.118. The number of halogens is 2. The fraction of sp³-hybridized carbons (Fsp3) is 0.133. The number of nitrogens with two attached hydrogens (primary N) is 1. The minimum atomic E-state index is -0.816. The zero-order chi connectivity index (χ0) is 16.1. The lowest BCUT2D eigenvalue weighted by atomic mass is 10.1. The number of nitriles is 1. The van der Waals surface area contributed by atoms with Crippen LogP contribution in [0.25, 0.3) is 0 Å². The quantitative estimate of drug-likeness (QED) is 0.853. The molecule has 0 fully saturated rings. The van der Waals surface area contributed by atoms with Gasteiger partial charge in [0.05, 0.1) is 11.3 Å². The standard InChI is InChI=1S/C15H12BrFN4O/c16-11-7-13(12(17)5-9(11)8-18)21-14(15(19)22)6-10-3-1-2-4-20-10/h1-5,7,14,21H,6H2,(H2,19,22). The molecule has 0 aliphatic heterocycles. The summed E-state index contributed by atoms with van der Waals surface area (Å²) in [4.78, 5) is 15.7. The first kappa shape index (κ1) is 15.9. The summed E-state index contributed by atoms with van der Waals surface area (Å²) in [6.07, 6.45) is 1.83. The SMILES string of the molecule is N#Cc1cc(F)c(NC(Cc2ccccn2)C(N)=O)cc1Br. The first-order valence-electron chi connectivity index (χ1n) is 6.36. The van der Waals surface area contributed by atoms with Crippen molar-refractivity contribution in [1.29, 1.82) is 5.26 Å². The van der Waals surface area contributed by atoms with Crippen LogP contribution in [-0.2, 0) is 11.2 Å². The highest BCUT2D eigenvalue weighted by molar-refractivity contribution is 9.10. The van der Waals surface area contributed by atoms with Crippen LogP contribution in [-0.4, -0.2) is 16.9 Å². The second-order valence-electron chi connectivity index (χ2n) is 4.55. The Morgan fingerprint density at radius 2 is 2.27 bits per heavy atom. The molecule has 2 aromatic rings. The molecule has 1 atom stereocenters. The number of primary amides is 1. The molecule has 3 N–H and O–H groups in total. The van der Waals surface area contributed by atoms with E-state index >= 15 is 0 Å². The van der Waals surface area contributed by atoms with Crippen molar-refractivity contribution < 1.29 is 9.18 Å². The summed E-state index contributed by atoms with van der Waals surface area (Å²) in [6.45, 7) is 0. The van der Waals surface area contributed by atoms with Crippen molar-refractivity contribution in [1.82, 2.24) is 4.98 Å².